The Morgan fingerprint density at radius 3 is 2.59 bits per heavy atom. The molecule has 1 aliphatic heterocycles. The molecule has 0 fully saturated rings. The summed E-state index contributed by atoms with van der Waals surface area (Å²) in [7, 11) is -1.27. The number of ether oxygens (including phenoxy) is 3. The van der Waals surface area contributed by atoms with Gasteiger partial charge >= 0.3 is 5.97 Å². The lowest BCUT2D eigenvalue weighted by atomic mass is 10.1. The number of hydrogen-bond acceptors (Lipinski definition) is 4. The highest BCUT2D eigenvalue weighted by Gasteiger charge is 2.26. The number of halogens is 3. The van der Waals surface area contributed by atoms with E-state index in [1.807, 2.05) is 22.8 Å². The summed E-state index contributed by atoms with van der Waals surface area (Å²) in [5.41, 5.74) is 2.66. The normalized spacial score (nSPS) is 14.8. The minimum atomic E-state index is -2.61. The van der Waals surface area contributed by atoms with E-state index in [2.05, 4.69) is 19.6 Å². The SMILES string of the molecule is C[Si](C)(C)CCOCn1c(C=C2OC(=O)c3ccccc32)cc2cc(Cl)c(OCC(F)F)cc21. The lowest BCUT2D eigenvalue weighted by molar-refractivity contribution is 0.0716. The van der Waals surface area contributed by atoms with Gasteiger partial charge in [-0.2, -0.15) is 0 Å². The average Bonchev–Trinajstić information content (AvgIpc) is 3.25. The maximum atomic E-state index is 12.7. The van der Waals surface area contributed by atoms with Crippen molar-refractivity contribution < 1.29 is 27.8 Å². The number of aromatic nitrogens is 1. The molecule has 4 rings (SSSR count). The highest BCUT2D eigenvalue weighted by atomic mass is 35.5. The van der Waals surface area contributed by atoms with Crippen molar-refractivity contribution in [2.75, 3.05) is 13.2 Å². The first-order chi connectivity index (χ1) is 16.1. The van der Waals surface area contributed by atoms with Crippen LogP contribution >= 0.6 is 11.6 Å². The van der Waals surface area contributed by atoms with E-state index in [-0.39, 0.29) is 17.5 Å². The van der Waals surface area contributed by atoms with Crippen molar-refractivity contribution in [1.82, 2.24) is 4.57 Å². The summed E-state index contributed by atoms with van der Waals surface area (Å²) in [5.74, 6) is 0.210. The van der Waals surface area contributed by atoms with Crippen LogP contribution in [-0.2, 0) is 16.2 Å². The van der Waals surface area contributed by atoms with Crippen molar-refractivity contribution in [1.29, 1.82) is 0 Å². The molecule has 2 heterocycles. The first kappa shape index (κ1) is 24.4. The highest BCUT2D eigenvalue weighted by molar-refractivity contribution is 6.76. The molecule has 9 heteroatoms. The predicted molar refractivity (Wildman–Crippen MR) is 132 cm³/mol. The Labute approximate surface area is 202 Å². The van der Waals surface area contributed by atoms with Crippen LogP contribution in [0, 0.1) is 0 Å². The zero-order valence-electron chi connectivity index (χ0n) is 19.2. The molecule has 0 bridgehead atoms. The van der Waals surface area contributed by atoms with Gasteiger partial charge in [-0.05, 0) is 24.2 Å². The molecule has 0 saturated heterocycles. The number of carbonyl (C=O) groups excluding carboxylic acids is 1. The van der Waals surface area contributed by atoms with E-state index in [1.165, 1.54) is 0 Å². The summed E-state index contributed by atoms with van der Waals surface area (Å²) in [5, 5.41) is 1.02. The molecule has 0 saturated carbocycles. The van der Waals surface area contributed by atoms with Crippen LogP contribution < -0.4 is 4.74 Å². The first-order valence-corrected chi connectivity index (χ1v) is 15.1. The Bertz CT molecular complexity index is 1250. The van der Waals surface area contributed by atoms with Crippen LogP contribution in [0.25, 0.3) is 22.7 Å². The number of rotatable bonds is 9. The van der Waals surface area contributed by atoms with Gasteiger partial charge in [0.05, 0.1) is 16.1 Å². The lowest BCUT2D eigenvalue weighted by Gasteiger charge is -2.17. The van der Waals surface area contributed by atoms with Gasteiger partial charge in [-0.15, -0.1) is 0 Å². The van der Waals surface area contributed by atoms with Crippen LogP contribution in [-0.4, -0.2) is 38.2 Å². The second kappa shape index (κ2) is 9.89. The Balaban J connectivity index is 1.73. The molecule has 1 aromatic heterocycles. The molecule has 2 aromatic carbocycles. The number of esters is 1. The number of fused-ring (bicyclic) bond motifs is 2. The minimum absolute atomic E-state index is 0.174. The van der Waals surface area contributed by atoms with E-state index in [0.717, 1.165) is 17.1 Å². The maximum absolute atomic E-state index is 12.7. The number of cyclic esters (lactones) is 1. The highest BCUT2D eigenvalue weighted by Crippen LogP contribution is 2.35. The smallest absolute Gasteiger partial charge is 0.344 e. The fourth-order valence-corrected chi connectivity index (χ4v) is 4.66. The fourth-order valence-electron chi connectivity index (χ4n) is 3.67. The number of benzene rings is 2. The molecular formula is C25H26ClF2NO4Si. The Morgan fingerprint density at radius 2 is 1.88 bits per heavy atom. The topological polar surface area (TPSA) is 49.7 Å². The molecule has 180 valence electrons. The van der Waals surface area contributed by atoms with E-state index >= 15 is 0 Å². The minimum Gasteiger partial charge on any atom is -0.486 e. The average molecular weight is 506 g/mol. The summed E-state index contributed by atoms with van der Waals surface area (Å²) in [6.07, 6.45) is -0.833. The van der Waals surface area contributed by atoms with Gasteiger partial charge in [0.15, 0.2) is 0 Å². The Morgan fingerprint density at radius 1 is 1.15 bits per heavy atom. The third-order valence-corrected chi connectivity index (χ3v) is 7.46. The molecule has 34 heavy (non-hydrogen) atoms. The van der Waals surface area contributed by atoms with E-state index in [4.69, 9.17) is 25.8 Å². The van der Waals surface area contributed by atoms with Crippen LogP contribution in [0.4, 0.5) is 8.78 Å². The molecule has 0 amide bonds. The van der Waals surface area contributed by atoms with E-state index in [0.29, 0.717) is 29.0 Å². The van der Waals surface area contributed by atoms with E-state index < -0.39 is 27.1 Å². The fraction of sp³-hybridized carbons (Fsp3) is 0.320. The molecule has 0 unspecified atom stereocenters. The zero-order valence-corrected chi connectivity index (χ0v) is 21.0. The molecule has 0 N–H and O–H groups in total. The summed E-state index contributed by atoms with van der Waals surface area (Å²) in [6, 6.07) is 13.4. The van der Waals surface area contributed by atoms with Gasteiger partial charge in [-0.1, -0.05) is 49.4 Å². The van der Waals surface area contributed by atoms with Gasteiger partial charge in [0.25, 0.3) is 6.43 Å². The summed E-state index contributed by atoms with van der Waals surface area (Å²) >= 11 is 6.29. The monoisotopic (exact) mass is 505 g/mol. The third-order valence-electron chi connectivity index (χ3n) is 5.46. The molecule has 0 radical (unpaired) electrons. The van der Waals surface area contributed by atoms with Crippen molar-refractivity contribution in [2.45, 2.75) is 38.8 Å². The second-order valence-electron chi connectivity index (χ2n) is 9.33. The lowest BCUT2D eigenvalue weighted by Crippen LogP contribution is -2.22. The quantitative estimate of drug-likeness (QED) is 0.180. The van der Waals surface area contributed by atoms with Crippen molar-refractivity contribution in [3.8, 4) is 5.75 Å². The zero-order chi connectivity index (χ0) is 24.5. The van der Waals surface area contributed by atoms with Gasteiger partial charge in [0.2, 0.25) is 0 Å². The standard InChI is InChI=1S/C25H26ClF2NO4Si/c1-34(2,3)9-8-31-15-29-17(12-22-18-6-4-5-7-19(18)25(30)33-22)10-16-11-20(26)23(13-21(16)29)32-14-24(27)28/h4-7,10-13,24H,8-9,14-15H2,1-3H3. The van der Waals surface area contributed by atoms with Gasteiger partial charge in [0, 0.05) is 43.5 Å². The molecule has 0 atom stereocenters. The number of nitrogens with zero attached hydrogens (tertiary/aromatic N) is 1. The molecule has 3 aromatic rings. The van der Waals surface area contributed by atoms with Crippen LogP contribution in [0.15, 0.2) is 42.5 Å². The Kier molecular flexibility index (Phi) is 7.11. The van der Waals surface area contributed by atoms with Crippen LogP contribution in [0.3, 0.4) is 0 Å². The second-order valence-corrected chi connectivity index (χ2v) is 15.4. The molecule has 5 nitrogen and oxygen atoms in total. The van der Waals surface area contributed by atoms with E-state index in [1.54, 1.807) is 30.3 Å². The summed E-state index contributed by atoms with van der Waals surface area (Å²) in [4.78, 5) is 12.3. The van der Waals surface area contributed by atoms with Crippen molar-refractivity contribution >= 4 is 48.4 Å². The summed E-state index contributed by atoms with van der Waals surface area (Å²) < 4.78 is 44.0. The van der Waals surface area contributed by atoms with Crippen LogP contribution in [0.2, 0.25) is 30.7 Å². The maximum Gasteiger partial charge on any atom is 0.344 e. The predicted octanol–water partition coefficient (Wildman–Crippen LogP) is 6.92. The van der Waals surface area contributed by atoms with Crippen LogP contribution in [0.1, 0.15) is 21.6 Å². The largest absolute Gasteiger partial charge is 0.486 e. The summed E-state index contributed by atoms with van der Waals surface area (Å²) in [6.45, 7) is 6.92. The van der Waals surface area contributed by atoms with Gasteiger partial charge in [0.1, 0.15) is 24.8 Å². The van der Waals surface area contributed by atoms with Crippen molar-refractivity contribution in [3.05, 3.63) is 64.3 Å². The molecule has 1 aliphatic rings. The van der Waals surface area contributed by atoms with Crippen molar-refractivity contribution in [3.63, 3.8) is 0 Å². The molecular weight excluding hydrogens is 480 g/mol. The van der Waals surface area contributed by atoms with E-state index in [9.17, 15) is 13.6 Å². The number of hydrogen-bond donors (Lipinski definition) is 0. The van der Waals surface area contributed by atoms with Crippen molar-refractivity contribution in [2.24, 2.45) is 0 Å². The van der Waals surface area contributed by atoms with Crippen LogP contribution in [0.5, 0.6) is 5.75 Å². The first-order valence-electron chi connectivity index (χ1n) is 11.0. The number of alkyl halides is 2. The molecule has 0 spiro atoms. The Hall–Kier alpha value is -2.68. The van der Waals surface area contributed by atoms with Gasteiger partial charge < -0.3 is 18.8 Å². The molecule has 0 aliphatic carbocycles. The van der Waals surface area contributed by atoms with Gasteiger partial charge in [-0.25, -0.2) is 13.6 Å². The number of carbonyl (C=O) groups is 1. The van der Waals surface area contributed by atoms with Gasteiger partial charge in [-0.3, -0.25) is 0 Å². The third kappa shape index (κ3) is 5.51.